The summed E-state index contributed by atoms with van der Waals surface area (Å²) >= 11 is 1.58. The molecule has 0 aliphatic carbocycles. The molecule has 0 saturated carbocycles. The van der Waals surface area contributed by atoms with Crippen molar-refractivity contribution in [1.29, 1.82) is 0 Å². The van der Waals surface area contributed by atoms with Crippen LogP contribution in [0.15, 0.2) is 0 Å². The molecule has 0 aromatic heterocycles. The summed E-state index contributed by atoms with van der Waals surface area (Å²) in [7, 11) is 0. The van der Waals surface area contributed by atoms with Crippen molar-refractivity contribution in [2.45, 2.75) is 31.5 Å². The number of aliphatic hydroxyl groups excluding tert-OH is 1. The minimum absolute atomic E-state index is 0.414. The summed E-state index contributed by atoms with van der Waals surface area (Å²) in [5.41, 5.74) is 5.65. The van der Waals surface area contributed by atoms with Gasteiger partial charge in [-0.05, 0) is 25.4 Å². The predicted molar refractivity (Wildman–Crippen MR) is 73.7 cm³/mol. The van der Waals surface area contributed by atoms with E-state index >= 15 is 0 Å². The van der Waals surface area contributed by atoms with Gasteiger partial charge in [0, 0.05) is 0 Å². The van der Waals surface area contributed by atoms with Gasteiger partial charge in [0.15, 0.2) is 0 Å². The third kappa shape index (κ3) is 7.14. The van der Waals surface area contributed by atoms with Crippen LogP contribution in [0.25, 0.3) is 0 Å². The molecule has 3 atom stereocenters. The maximum absolute atomic E-state index is 11.6. The molecule has 0 unspecified atom stereocenters. The van der Waals surface area contributed by atoms with Crippen LogP contribution in [-0.2, 0) is 14.4 Å². The van der Waals surface area contributed by atoms with Crippen LogP contribution >= 0.6 is 11.8 Å². The van der Waals surface area contributed by atoms with Crippen molar-refractivity contribution >= 4 is 29.9 Å². The van der Waals surface area contributed by atoms with Crippen LogP contribution in [0.4, 0.5) is 0 Å². The molecular weight excluding hydrogens is 270 g/mol. The molecule has 19 heavy (non-hydrogen) atoms. The Morgan fingerprint density at radius 1 is 1.37 bits per heavy atom. The number of amides is 2. The molecule has 0 radical (unpaired) electrons. The molecule has 0 rings (SSSR count). The van der Waals surface area contributed by atoms with Gasteiger partial charge in [-0.25, -0.2) is 0 Å². The molecule has 7 nitrogen and oxygen atoms in total. The van der Waals surface area contributed by atoms with Gasteiger partial charge in [-0.15, -0.1) is 0 Å². The fraction of sp³-hybridized carbons (Fsp3) is 0.727. The highest BCUT2D eigenvalue weighted by molar-refractivity contribution is 7.98. The molecule has 110 valence electrons. The quantitative estimate of drug-likeness (QED) is 0.374. The number of hydrogen-bond donors (Lipinski definition) is 4. The molecule has 8 heteroatoms. The number of rotatable bonds is 9. The standard InChI is InChI=1S/C11H21N3O4S/c1-7(10(17)14-8(5-15)6-16)13-11(18)9(12)3-4-19-2/h5,7-9,16H,3-4,6,12H2,1-2H3,(H,13,18)(H,14,17)/t7-,8+,9-/m0/s1. The van der Waals surface area contributed by atoms with Crippen LogP contribution in [0, 0.1) is 0 Å². The second kappa shape index (κ2) is 9.76. The molecular formula is C11H21N3O4S. The molecule has 0 heterocycles. The number of aldehydes is 1. The summed E-state index contributed by atoms with van der Waals surface area (Å²) in [6.07, 6.45) is 2.86. The third-order valence-corrected chi connectivity index (χ3v) is 3.05. The Hall–Kier alpha value is -1.12. The summed E-state index contributed by atoms with van der Waals surface area (Å²) in [6.45, 7) is 0.997. The molecule has 0 aromatic rings. The number of nitrogens with two attached hydrogens (primary N) is 1. The number of hydrogen-bond acceptors (Lipinski definition) is 6. The highest BCUT2D eigenvalue weighted by Crippen LogP contribution is 1.99. The van der Waals surface area contributed by atoms with Crippen LogP contribution in [0.5, 0.6) is 0 Å². The Kier molecular flexibility index (Phi) is 9.19. The van der Waals surface area contributed by atoms with Gasteiger partial charge >= 0.3 is 0 Å². The average Bonchev–Trinajstić information content (AvgIpc) is 2.41. The van der Waals surface area contributed by atoms with Crippen molar-refractivity contribution in [1.82, 2.24) is 10.6 Å². The summed E-state index contributed by atoms with van der Waals surface area (Å²) in [4.78, 5) is 33.7. The zero-order chi connectivity index (χ0) is 14.8. The smallest absolute Gasteiger partial charge is 0.242 e. The lowest BCUT2D eigenvalue weighted by molar-refractivity contribution is -0.130. The van der Waals surface area contributed by atoms with Crippen molar-refractivity contribution in [3.63, 3.8) is 0 Å². The Morgan fingerprint density at radius 3 is 2.47 bits per heavy atom. The van der Waals surface area contributed by atoms with Gasteiger partial charge in [-0.3, -0.25) is 9.59 Å². The molecule has 0 aromatic carbocycles. The van der Waals surface area contributed by atoms with E-state index < -0.39 is 36.5 Å². The van der Waals surface area contributed by atoms with Crippen molar-refractivity contribution in [2.24, 2.45) is 5.73 Å². The molecule has 0 bridgehead atoms. The number of carbonyl (C=O) groups excluding carboxylic acids is 3. The van der Waals surface area contributed by atoms with E-state index in [0.29, 0.717) is 12.7 Å². The van der Waals surface area contributed by atoms with E-state index in [1.165, 1.54) is 6.92 Å². The molecule has 0 aliphatic rings. The Labute approximate surface area is 116 Å². The number of thioether (sulfide) groups is 1. The summed E-state index contributed by atoms with van der Waals surface area (Å²) in [6, 6.07) is -2.44. The SMILES string of the molecule is CSCC[C@H](N)C(=O)N[C@@H](C)C(=O)N[C@H](C=O)CO. The van der Waals surface area contributed by atoms with Crippen LogP contribution in [0.1, 0.15) is 13.3 Å². The normalized spacial score (nSPS) is 15.2. The summed E-state index contributed by atoms with van der Waals surface area (Å²) in [5.74, 6) is -0.202. The molecule has 0 fully saturated rings. The summed E-state index contributed by atoms with van der Waals surface area (Å²) < 4.78 is 0. The molecule has 2 amide bonds. The largest absolute Gasteiger partial charge is 0.394 e. The van der Waals surface area contributed by atoms with Gasteiger partial charge < -0.3 is 26.3 Å². The van der Waals surface area contributed by atoms with E-state index in [9.17, 15) is 14.4 Å². The lowest BCUT2D eigenvalue weighted by Crippen LogP contribution is -2.52. The highest BCUT2D eigenvalue weighted by Gasteiger charge is 2.21. The van der Waals surface area contributed by atoms with E-state index in [0.717, 1.165) is 5.75 Å². The third-order valence-electron chi connectivity index (χ3n) is 2.41. The molecule has 0 spiro atoms. The molecule has 5 N–H and O–H groups in total. The Morgan fingerprint density at radius 2 is 2.00 bits per heavy atom. The minimum Gasteiger partial charge on any atom is -0.394 e. The average molecular weight is 291 g/mol. The maximum Gasteiger partial charge on any atom is 0.242 e. The van der Waals surface area contributed by atoms with E-state index in [1.54, 1.807) is 11.8 Å². The van der Waals surface area contributed by atoms with Crippen molar-refractivity contribution in [3.05, 3.63) is 0 Å². The fourth-order valence-electron chi connectivity index (χ4n) is 1.19. The van der Waals surface area contributed by atoms with Gasteiger partial charge in [-0.2, -0.15) is 11.8 Å². The Balaban J connectivity index is 4.20. The highest BCUT2D eigenvalue weighted by atomic mass is 32.2. The lowest BCUT2D eigenvalue weighted by Gasteiger charge is -2.18. The van der Waals surface area contributed by atoms with Crippen molar-refractivity contribution < 1.29 is 19.5 Å². The number of carbonyl (C=O) groups is 3. The van der Waals surface area contributed by atoms with E-state index in [4.69, 9.17) is 10.8 Å². The predicted octanol–water partition coefficient (Wildman–Crippen LogP) is -1.75. The fourth-order valence-corrected chi connectivity index (χ4v) is 1.68. The number of nitrogens with one attached hydrogen (secondary N) is 2. The second-order valence-corrected chi connectivity index (χ2v) is 5.04. The van der Waals surface area contributed by atoms with Crippen LogP contribution in [-0.4, -0.2) is 59.9 Å². The monoisotopic (exact) mass is 291 g/mol. The van der Waals surface area contributed by atoms with E-state index in [1.807, 2.05) is 6.26 Å². The second-order valence-electron chi connectivity index (χ2n) is 4.05. The van der Waals surface area contributed by atoms with Crippen LogP contribution in [0.3, 0.4) is 0 Å². The van der Waals surface area contributed by atoms with E-state index in [2.05, 4.69) is 10.6 Å². The van der Waals surface area contributed by atoms with Crippen molar-refractivity contribution in [3.8, 4) is 0 Å². The first-order chi connectivity index (χ1) is 8.96. The molecule has 0 aliphatic heterocycles. The van der Waals surface area contributed by atoms with Crippen LogP contribution in [0.2, 0.25) is 0 Å². The first-order valence-electron chi connectivity index (χ1n) is 5.87. The lowest BCUT2D eigenvalue weighted by atomic mass is 10.2. The van der Waals surface area contributed by atoms with E-state index in [-0.39, 0.29) is 0 Å². The van der Waals surface area contributed by atoms with Crippen molar-refractivity contribution in [2.75, 3.05) is 18.6 Å². The number of aliphatic hydroxyl groups is 1. The first-order valence-corrected chi connectivity index (χ1v) is 7.27. The minimum atomic E-state index is -0.961. The Bertz CT molecular complexity index is 314. The maximum atomic E-state index is 11.6. The van der Waals surface area contributed by atoms with Gasteiger partial charge in [0.25, 0.3) is 0 Å². The van der Waals surface area contributed by atoms with Gasteiger partial charge in [-0.1, -0.05) is 0 Å². The first kappa shape index (κ1) is 17.9. The zero-order valence-corrected chi connectivity index (χ0v) is 11.9. The topological polar surface area (TPSA) is 122 Å². The van der Waals surface area contributed by atoms with Gasteiger partial charge in [0.05, 0.1) is 12.6 Å². The van der Waals surface area contributed by atoms with Gasteiger partial charge in [0.2, 0.25) is 11.8 Å². The van der Waals surface area contributed by atoms with Gasteiger partial charge in [0.1, 0.15) is 18.4 Å². The molecule has 0 saturated heterocycles. The summed E-state index contributed by atoms with van der Waals surface area (Å²) in [5, 5.41) is 13.5. The zero-order valence-electron chi connectivity index (χ0n) is 11.1. The van der Waals surface area contributed by atoms with Crippen LogP contribution < -0.4 is 16.4 Å².